The Balaban J connectivity index is 1.34. The predicted molar refractivity (Wildman–Crippen MR) is 130 cm³/mol. The van der Waals surface area contributed by atoms with Crippen molar-refractivity contribution in [2.75, 3.05) is 33.4 Å². The van der Waals surface area contributed by atoms with Gasteiger partial charge in [-0.2, -0.15) is 0 Å². The summed E-state index contributed by atoms with van der Waals surface area (Å²) in [5.74, 6) is -1.74. The lowest BCUT2D eigenvalue weighted by Crippen LogP contribution is -2.46. The van der Waals surface area contributed by atoms with Crippen LogP contribution in [0.3, 0.4) is 0 Å². The number of nitrogens with zero attached hydrogens (tertiary/aromatic N) is 1. The quantitative estimate of drug-likeness (QED) is 0.568. The normalized spacial score (nSPS) is 19.7. The molecule has 0 aromatic heterocycles. The molecule has 8 nitrogen and oxygen atoms in total. The number of carbonyl (C=O) groups is 3. The summed E-state index contributed by atoms with van der Waals surface area (Å²) in [5.41, 5.74) is 3.21. The largest absolute Gasteiger partial charge is 0.479 e. The number of fused-ring (bicyclic) bond motifs is 3. The SMILES string of the molecule is CCCC(CNC(=O)OCC1c2ccccc2-c2ccccc21)C(=O)N1CCC(OC)(C(=O)O)C1. The zero-order chi connectivity index (χ0) is 25.0. The van der Waals surface area contributed by atoms with E-state index >= 15 is 0 Å². The van der Waals surface area contributed by atoms with E-state index in [0.717, 1.165) is 28.7 Å². The van der Waals surface area contributed by atoms with Crippen molar-refractivity contribution in [1.29, 1.82) is 0 Å². The second kappa shape index (κ2) is 10.5. The number of carboxylic acid groups (broad SMARTS) is 1. The fourth-order valence-corrected chi connectivity index (χ4v) is 5.17. The zero-order valence-corrected chi connectivity index (χ0v) is 20.2. The third kappa shape index (κ3) is 4.89. The van der Waals surface area contributed by atoms with Crippen molar-refractivity contribution in [3.8, 4) is 11.1 Å². The Hall–Kier alpha value is -3.39. The van der Waals surface area contributed by atoms with Crippen molar-refractivity contribution in [3.63, 3.8) is 0 Å². The number of hydrogen-bond donors (Lipinski definition) is 2. The number of likely N-dealkylation sites (tertiary alicyclic amines) is 1. The average molecular weight is 481 g/mol. The molecular formula is C27H32N2O6. The molecule has 0 saturated carbocycles. The Bertz CT molecular complexity index is 1060. The van der Waals surface area contributed by atoms with Crippen LogP contribution in [0.15, 0.2) is 48.5 Å². The molecule has 1 heterocycles. The van der Waals surface area contributed by atoms with Crippen molar-refractivity contribution >= 4 is 18.0 Å². The molecule has 2 N–H and O–H groups in total. The maximum atomic E-state index is 13.1. The molecule has 2 amide bonds. The third-order valence-corrected chi connectivity index (χ3v) is 7.15. The van der Waals surface area contributed by atoms with Crippen LogP contribution in [-0.4, -0.2) is 66.9 Å². The van der Waals surface area contributed by atoms with Crippen molar-refractivity contribution in [2.45, 2.75) is 37.7 Å². The summed E-state index contributed by atoms with van der Waals surface area (Å²) in [6.07, 6.45) is 0.999. The highest BCUT2D eigenvalue weighted by atomic mass is 16.5. The van der Waals surface area contributed by atoms with Gasteiger partial charge in [0.1, 0.15) is 6.61 Å². The summed E-state index contributed by atoms with van der Waals surface area (Å²) in [5, 5.41) is 12.3. The van der Waals surface area contributed by atoms with E-state index in [9.17, 15) is 19.5 Å². The predicted octanol–water partition coefficient (Wildman–Crippen LogP) is 3.64. The number of amides is 2. The maximum absolute atomic E-state index is 13.1. The minimum absolute atomic E-state index is 0.00280. The van der Waals surface area contributed by atoms with Gasteiger partial charge in [-0.05, 0) is 28.7 Å². The summed E-state index contributed by atoms with van der Waals surface area (Å²) in [6, 6.07) is 16.3. The monoisotopic (exact) mass is 480 g/mol. The Kier molecular flexibility index (Phi) is 7.40. The third-order valence-electron chi connectivity index (χ3n) is 7.15. The molecule has 0 radical (unpaired) electrons. The van der Waals surface area contributed by atoms with Gasteiger partial charge in [0.05, 0.1) is 12.5 Å². The highest BCUT2D eigenvalue weighted by Gasteiger charge is 2.47. The Morgan fingerprint density at radius 3 is 2.29 bits per heavy atom. The average Bonchev–Trinajstić information content (AvgIpc) is 3.46. The summed E-state index contributed by atoms with van der Waals surface area (Å²) in [7, 11) is 1.35. The molecule has 2 aromatic carbocycles. The Labute approximate surface area is 205 Å². The van der Waals surface area contributed by atoms with Crippen molar-refractivity contribution < 1.29 is 29.0 Å². The lowest BCUT2D eigenvalue weighted by atomic mass is 9.98. The van der Waals surface area contributed by atoms with Crippen molar-refractivity contribution in [1.82, 2.24) is 10.2 Å². The lowest BCUT2D eigenvalue weighted by molar-refractivity contribution is -0.161. The van der Waals surface area contributed by atoms with Gasteiger partial charge in [-0.15, -0.1) is 0 Å². The molecule has 1 aliphatic heterocycles. The first-order chi connectivity index (χ1) is 16.9. The number of carbonyl (C=O) groups excluding carboxylic acids is 2. The standard InChI is InChI=1S/C27H32N2O6/c1-3-8-18(24(30)29-14-13-27(17-29,34-2)25(31)32)15-28-26(33)35-16-23-21-11-6-4-9-19(21)20-10-5-7-12-22(20)23/h4-7,9-12,18,23H,3,8,13-17H2,1-2H3,(H,28,33)(H,31,32). The highest BCUT2D eigenvalue weighted by molar-refractivity contribution is 5.84. The number of ether oxygens (including phenoxy) is 2. The van der Waals surface area contributed by atoms with Gasteiger partial charge in [-0.3, -0.25) is 4.79 Å². The number of hydrogen-bond acceptors (Lipinski definition) is 5. The highest BCUT2D eigenvalue weighted by Crippen LogP contribution is 2.44. The van der Waals surface area contributed by atoms with E-state index in [0.29, 0.717) is 13.0 Å². The number of nitrogens with one attached hydrogen (secondary N) is 1. The summed E-state index contributed by atoms with van der Waals surface area (Å²) < 4.78 is 10.8. The molecule has 0 bridgehead atoms. The van der Waals surface area contributed by atoms with Gasteiger partial charge < -0.3 is 24.8 Å². The molecular weight excluding hydrogens is 448 g/mol. The molecule has 2 atom stereocenters. The zero-order valence-electron chi connectivity index (χ0n) is 20.2. The van der Waals surface area contributed by atoms with Crippen LogP contribution in [0.4, 0.5) is 4.79 Å². The number of rotatable bonds is 9. The van der Waals surface area contributed by atoms with Gasteiger partial charge in [0.15, 0.2) is 5.60 Å². The van der Waals surface area contributed by atoms with Gasteiger partial charge in [0.25, 0.3) is 0 Å². The number of aliphatic carboxylic acids is 1. The molecule has 186 valence electrons. The van der Waals surface area contributed by atoms with Crippen molar-refractivity contribution in [2.24, 2.45) is 5.92 Å². The fraction of sp³-hybridized carbons (Fsp3) is 0.444. The summed E-state index contributed by atoms with van der Waals surface area (Å²) in [6.45, 7) is 2.61. The van der Waals surface area contributed by atoms with E-state index in [1.807, 2.05) is 31.2 Å². The number of methoxy groups -OCH3 is 1. The number of carboxylic acids is 1. The van der Waals surface area contributed by atoms with Crippen LogP contribution in [-0.2, 0) is 19.1 Å². The molecule has 4 rings (SSSR count). The van der Waals surface area contributed by atoms with Gasteiger partial charge in [0, 0.05) is 32.5 Å². The first-order valence-corrected chi connectivity index (χ1v) is 12.1. The number of alkyl carbamates (subject to hydrolysis) is 1. The van der Waals surface area contributed by atoms with Crippen LogP contribution in [0.5, 0.6) is 0 Å². The molecule has 1 saturated heterocycles. The van der Waals surface area contributed by atoms with Crippen LogP contribution in [0.25, 0.3) is 11.1 Å². The molecule has 2 unspecified atom stereocenters. The van der Waals surface area contributed by atoms with Crippen LogP contribution < -0.4 is 5.32 Å². The van der Waals surface area contributed by atoms with Crippen LogP contribution in [0.2, 0.25) is 0 Å². The Morgan fingerprint density at radius 1 is 1.11 bits per heavy atom. The molecule has 2 aliphatic rings. The van der Waals surface area contributed by atoms with E-state index in [-0.39, 0.29) is 37.9 Å². The van der Waals surface area contributed by atoms with E-state index in [1.165, 1.54) is 12.0 Å². The van der Waals surface area contributed by atoms with Gasteiger partial charge in [0.2, 0.25) is 5.91 Å². The number of benzene rings is 2. The Morgan fingerprint density at radius 2 is 1.74 bits per heavy atom. The van der Waals surface area contributed by atoms with Crippen LogP contribution in [0.1, 0.15) is 43.2 Å². The molecule has 2 aromatic rings. The molecule has 1 aliphatic carbocycles. The summed E-state index contributed by atoms with van der Waals surface area (Å²) >= 11 is 0. The second-order valence-electron chi connectivity index (χ2n) is 9.21. The van der Waals surface area contributed by atoms with Crippen LogP contribution >= 0.6 is 0 Å². The van der Waals surface area contributed by atoms with Crippen molar-refractivity contribution in [3.05, 3.63) is 59.7 Å². The molecule has 35 heavy (non-hydrogen) atoms. The van der Waals surface area contributed by atoms with Crippen LogP contribution in [0, 0.1) is 5.92 Å². The fourth-order valence-electron chi connectivity index (χ4n) is 5.17. The van der Waals surface area contributed by atoms with E-state index in [4.69, 9.17) is 9.47 Å². The van der Waals surface area contributed by atoms with E-state index in [1.54, 1.807) is 0 Å². The molecule has 0 spiro atoms. The van der Waals surface area contributed by atoms with E-state index < -0.39 is 23.6 Å². The maximum Gasteiger partial charge on any atom is 0.407 e. The minimum atomic E-state index is -1.37. The first kappa shape index (κ1) is 24.7. The second-order valence-corrected chi connectivity index (χ2v) is 9.21. The molecule has 8 heteroatoms. The minimum Gasteiger partial charge on any atom is -0.479 e. The molecule has 1 fully saturated rings. The van der Waals surface area contributed by atoms with Gasteiger partial charge >= 0.3 is 12.1 Å². The smallest absolute Gasteiger partial charge is 0.407 e. The topological polar surface area (TPSA) is 105 Å². The van der Waals surface area contributed by atoms with Gasteiger partial charge in [-0.1, -0.05) is 61.9 Å². The first-order valence-electron chi connectivity index (χ1n) is 12.1. The summed E-state index contributed by atoms with van der Waals surface area (Å²) in [4.78, 5) is 38.8. The lowest BCUT2D eigenvalue weighted by Gasteiger charge is -2.26. The van der Waals surface area contributed by atoms with E-state index in [2.05, 4.69) is 29.6 Å². The van der Waals surface area contributed by atoms with Gasteiger partial charge in [-0.25, -0.2) is 9.59 Å².